The van der Waals surface area contributed by atoms with Gasteiger partial charge in [-0.3, -0.25) is 0 Å². The van der Waals surface area contributed by atoms with Gasteiger partial charge in [0.05, 0.1) is 5.69 Å². The Kier molecular flexibility index (Phi) is 7.06. The van der Waals surface area contributed by atoms with Gasteiger partial charge in [0.2, 0.25) is 0 Å². The molecule has 8 heteroatoms. The number of benzene rings is 1. The van der Waals surface area contributed by atoms with Gasteiger partial charge in [-0.2, -0.15) is 0 Å². The van der Waals surface area contributed by atoms with Crippen molar-refractivity contribution in [1.29, 1.82) is 0 Å². The molecule has 2 aromatic rings. The lowest BCUT2D eigenvalue weighted by molar-refractivity contribution is 0.190. The van der Waals surface area contributed by atoms with Crippen molar-refractivity contribution in [3.05, 3.63) is 36.4 Å². The number of hydrogen-bond donors (Lipinski definition) is 1. The van der Waals surface area contributed by atoms with Crippen LogP contribution in [0, 0.1) is 0 Å². The number of ether oxygens (including phenoxy) is 1. The summed E-state index contributed by atoms with van der Waals surface area (Å²) in [6, 6.07) is 8.13. The number of anilines is 1. The van der Waals surface area contributed by atoms with Crippen LogP contribution in [-0.2, 0) is 0 Å². The highest BCUT2D eigenvalue weighted by Crippen LogP contribution is 2.38. The zero-order valence-electron chi connectivity index (χ0n) is 18.7. The van der Waals surface area contributed by atoms with E-state index in [1.807, 2.05) is 35.5 Å². The summed E-state index contributed by atoms with van der Waals surface area (Å²) in [5.74, 6) is 1.98. The van der Waals surface area contributed by atoms with Crippen molar-refractivity contribution in [1.82, 2.24) is 24.6 Å². The van der Waals surface area contributed by atoms with Gasteiger partial charge in [0.15, 0.2) is 0 Å². The molecular formula is C23H34N6O2. The smallest absolute Gasteiger partial charge is 0.321 e. The Bertz CT molecular complexity index is 861. The van der Waals surface area contributed by atoms with Crippen molar-refractivity contribution < 1.29 is 9.53 Å². The number of para-hydroxylation sites is 2. The van der Waals surface area contributed by atoms with Crippen LogP contribution in [0.4, 0.5) is 10.5 Å². The van der Waals surface area contributed by atoms with Crippen molar-refractivity contribution in [3.63, 3.8) is 0 Å². The number of carbonyl (C=O) groups is 1. The minimum absolute atomic E-state index is 0.0815. The lowest BCUT2D eigenvalue weighted by Gasteiger charge is -2.32. The third kappa shape index (κ3) is 5.36. The van der Waals surface area contributed by atoms with Gasteiger partial charge in [0.25, 0.3) is 0 Å². The molecule has 1 saturated carbocycles. The molecule has 2 heterocycles. The van der Waals surface area contributed by atoms with Gasteiger partial charge in [-0.1, -0.05) is 26.0 Å². The minimum Gasteiger partial charge on any atom is -0.490 e. The number of likely N-dealkylation sites (N-methyl/N-ethyl adjacent to an activating group) is 1. The van der Waals surface area contributed by atoms with Crippen molar-refractivity contribution in [3.8, 4) is 5.75 Å². The van der Waals surface area contributed by atoms with E-state index in [9.17, 15) is 4.79 Å². The molecule has 1 saturated heterocycles. The summed E-state index contributed by atoms with van der Waals surface area (Å²) >= 11 is 0. The largest absolute Gasteiger partial charge is 0.490 e. The predicted octanol–water partition coefficient (Wildman–Crippen LogP) is 3.75. The SMILES string of the molecule is CCN(CC)CCOc1ccccc1NC(=O)N1CCC[C@H](c2nncn2C2CC2)C1. The van der Waals surface area contributed by atoms with Crippen LogP contribution in [0.2, 0.25) is 0 Å². The number of carbonyl (C=O) groups excluding carboxylic acids is 1. The maximum Gasteiger partial charge on any atom is 0.321 e. The molecule has 4 rings (SSSR count). The van der Waals surface area contributed by atoms with Crippen LogP contribution in [-0.4, -0.2) is 69.9 Å². The van der Waals surface area contributed by atoms with Gasteiger partial charge in [-0.05, 0) is 50.9 Å². The van der Waals surface area contributed by atoms with E-state index in [4.69, 9.17) is 4.74 Å². The lowest BCUT2D eigenvalue weighted by atomic mass is 9.97. The number of rotatable bonds is 9. The molecule has 0 bridgehead atoms. The summed E-state index contributed by atoms with van der Waals surface area (Å²) in [6.07, 6.45) is 6.26. The van der Waals surface area contributed by atoms with E-state index in [1.165, 1.54) is 12.8 Å². The number of nitrogens with zero attached hydrogens (tertiary/aromatic N) is 5. The van der Waals surface area contributed by atoms with Gasteiger partial charge in [-0.15, -0.1) is 10.2 Å². The van der Waals surface area contributed by atoms with Crippen LogP contribution in [0.5, 0.6) is 5.75 Å². The number of amides is 2. The standard InChI is InChI=1S/C23H34N6O2/c1-3-27(4-2)14-15-31-21-10-6-5-9-20(21)25-23(30)28-13-7-8-18(16-28)22-26-24-17-29(22)19-11-12-19/h5-6,9-10,17-19H,3-4,7-8,11-16H2,1-2H3,(H,25,30)/t18-/m0/s1. The number of likely N-dealkylation sites (tertiary alicyclic amines) is 1. The summed E-state index contributed by atoms with van der Waals surface area (Å²) in [4.78, 5) is 17.3. The minimum atomic E-state index is -0.0815. The summed E-state index contributed by atoms with van der Waals surface area (Å²) in [6.45, 7) is 9.19. The Labute approximate surface area is 184 Å². The van der Waals surface area contributed by atoms with Crippen molar-refractivity contribution in [2.24, 2.45) is 0 Å². The second kappa shape index (κ2) is 10.1. The fourth-order valence-electron chi connectivity index (χ4n) is 4.26. The van der Waals surface area contributed by atoms with Gasteiger partial charge >= 0.3 is 6.03 Å². The van der Waals surface area contributed by atoms with Gasteiger partial charge in [0, 0.05) is 31.6 Å². The lowest BCUT2D eigenvalue weighted by Crippen LogP contribution is -2.42. The van der Waals surface area contributed by atoms with Crippen LogP contribution < -0.4 is 10.1 Å². The fourth-order valence-corrected chi connectivity index (χ4v) is 4.26. The molecule has 2 aliphatic rings. The first-order chi connectivity index (χ1) is 15.2. The molecule has 1 aromatic heterocycles. The molecular weight excluding hydrogens is 392 g/mol. The van der Waals surface area contributed by atoms with Crippen LogP contribution in [0.15, 0.2) is 30.6 Å². The number of aromatic nitrogens is 3. The number of nitrogens with one attached hydrogen (secondary N) is 1. The van der Waals surface area contributed by atoms with E-state index in [0.29, 0.717) is 24.9 Å². The Morgan fingerprint density at radius 1 is 1.23 bits per heavy atom. The summed E-state index contributed by atoms with van der Waals surface area (Å²) in [5, 5.41) is 11.6. The average Bonchev–Trinajstić information content (AvgIpc) is 3.54. The molecule has 1 aromatic carbocycles. The summed E-state index contributed by atoms with van der Waals surface area (Å²) in [5.41, 5.74) is 0.718. The number of piperidine rings is 1. The molecule has 0 unspecified atom stereocenters. The maximum atomic E-state index is 13.0. The summed E-state index contributed by atoms with van der Waals surface area (Å²) < 4.78 is 8.21. The quantitative estimate of drug-likeness (QED) is 0.661. The normalized spacial score (nSPS) is 18.9. The molecule has 1 atom stereocenters. The highest BCUT2D eigenvalue weighted by Gasteiger charge is 2.32. The Hall–Kier alpha value is -2.61. The van der Waals surface area contributed by atoms with Gasteiger partial charge < -0.3 is 24.4 Å². The zero-order chi connectivity index (χ0) is 21.6. The van der Waals surface area contributed by atoms with E-state index in [2.05, 4.69) is 38.8 Å². The van der Waals surface area contributed by atoms with E-state index in [0.717, 1.165) is 50.5 Å². The van der Waals surface area contributed by atoms with Gasteiger partial charge in [-0.25, -0.2) is 4.79 Å². The number of hydrogen-bond acceptors (Lipinski definition) is 5. The second-order valence-electron chi connectivity index (χ2n) is 8.41. The first-order valence-corrected chi connectivity index (χ1v) is 11.6. The van der Waals surface area contributed by atoms with Crippen LogP contribution >= 0.6 is 0 Å². The monoisotopic (exact) mass is 426 g/mol. The predicted molar refractivity (Wildman–Crippen MR) is 121 cm³/mol. The molecule has 0 spiro atoms. The average molecular weight is 427 g/mol. The second-order valence-corrected chi connectivity index (χ2v) is 8.41. The molecule has 31 heavy (non-hydrogen) atoms. The molecule has 8 nitrogen and oxygen atoms in total. The fraction of sp³-hybridized carbons (Fsp3) is 0.609. The Morgan fingerprint density at radius 3 is 2.81 bits per heavy atom. The molecule has 1 N–H and O–H groups in total. The van der Waals surface area contributed by atoms with Crippen molar-refractivity contribution in [2.75, 3.05) is 44.6 Å². The van der Waals surface area contributed by atoms with Crippen molar-refractivity contribution in [2.45, 2.75) is 51.5 Å². The Balaban J connectivity index is 1.36. The molecule has 168 valence electrons. The topological polar surface area (TPSA) is 75.5 Å². The third-order valence-corrected chi connectivity index (χ3v) is 6.30. The van der Waals surface area contributed by atoms with Gasteiger partial charge in [0.1, 0.15) is 24.5 Å². The van der Waals surface area contributed by atoms with E-state index < -0.39 is 0 Å². The first-order valence-electron chi connectivity index (χ1n) is 11.6. The molecule has 2 fully saturated rings. The molecule has 2 amide bonds. The van der Waals surface area contributed by atoms with Crippen LogP contribution in [0.3, 0.4) is 0 Å². The maximum absolute atomic E-state index is 13.0. The number of urea groups is 1. The Morgan fingerprint density at radius 2 is 2.03 bits per heavy atom. The highest BCUT2D eigenvalue weighted by molar-refractivity contribution is 5.91. The first kappa shape index (κ1) is 21.6. The molecule has 1 aliphatic heterocycles. The van der Waals surface area contributed by atoms with E-state index in [1.54, 1.807) is 0 Å². The summed E-state index contributed by atoms with van der Waals surface area (Å²) in [7, 11) is 0. The zero-order valence-corrected chi connectivity index (χ0v) is 18.7. The van der Waals surface area contributed by atoms with E-state index >= 15 is 0 Å². The van der Waals surface area contributed by atoms with Crippen molar-refractivity contribution >= 4 is 11.7 Å². The van der Waals surface area contributed by atoms with Crippen LogP contribution in [0.1, 0.15) is 57.3 Å². The van der Waals surface area contributed by atoms with E-state index in [-0.39, 0.29) is 11.9 Å². The van der Waals surface area contributed by atoms with Crippen LogP contribution in [0.25, 0.3) is 0 Å². The third-order valence-electron chi connectivity index (χ3n) is 6.30. The molecule has 1 aliphatic carbocycles. The highest BCUT2D eigenvalue weighted by atomic mass is 16.5. The molecule has 0 radical (unpaired) electrons.